The van der Waals surface area contributed by atoms with Crippen molar-refractivity contribution in [3.63, 3.8) is 0 Å². The molecule has 34 heavy (non-hydrogen) atoms. The molecule has 0 atom stereocenters. The Morgan fingerprint density at radius 1 is 0.912 bits per heavy atom. The fraction of sp³-hybridized carbons (Fsp3) is 0.0385. The van der Waals surface area contributed by atoms with Crippen molar-refractivity contribution >= 4 is 29.7 Å². The number of carbonyl (C=O) groups is 2. The molecule has 0 spiro atoms. The molecule has 0 aliphatic heterocycles. The normalized spacial score (nSPS) is 10.8. The molecule has 0 saturated carbocycles. The van der Waals surface area contributed by atoms with E-state index in [1.54, 1.807) is 54.6 Å². The number of hydrogen-bond donors (Lipinski definition) is 1. The monoisotopic (exact) mass is 473 g/mol. The summed E-state index contributed by atoms with van der Waals surface area (Å²) < 4.78 is 12.6. The first kappa shape index (κ1) is 22.8. The second kappa shape index (κ2) is 10.5. The van der Waals surface area contributed by atoms with Gasteiger partial charge < -0.3 is 14.0 Å². The lowest BCUT2D eigenvalue weighted by molar-refractivity contribution is 0.0729. The van der Waals surface area contributed by atoms with Gasteiger partial charge in [0.05, 0.1) is 35.2 Å². The molecule has 1 aromatic heterocycles. The zero-order valence-corrected chi connectivity index (χ0v) is 18.9. The van der Waals surface area contributed by atoms with Crippen LogP contribution in [-0.2, 0) is 0 Å². The zero-order valence-electron chi connectivity index (χ0n) is 18.1. The van der Waals surface area contributed by atoms with Crippen molar-refractivity contribution in [2.45, 2.75) is 0 Å². The summed E-state index contributed by atoms with van der Waals surface area (Å²) in [6.45, 7) is 0. The molecule has 4 rings (SSSR count). The number of aromatic nitrogens is 1. The fourth-order valence-electron chi connectivity index (χ4n) is 3.24. The number of methoxy groups -OCH3 is 1. The van der Waals surface area contributed by atoms with E-state index in [4.69, 9.17) is 21.1 Å². The predicted molar refractivity (Wildman–Crippen MR) is 130 cm³/mol. The highest BCUT2D eigenvalue weighted by atomic mass is 35.5. The van der Waals surface area contributed by atoms with E-state index in [2.05, 4.69) is 10.5 Å². The first-order chi connectivity index (χ1) is 16.6. The van der Waals surface area contributed by atoms with Gasteiger partial charge in [-0.1, -0.05) is 35.9 Å². The molecule has 1 N–H and O–H groups in total. The van der Waals surface area contributed by atoms with E-state index < -0.39 is 5.97 Å². The summed E-state index contributed by atoms with van der Waals surface area (Å²) in [5.41, 5.74) is 4.64. The Labute approximate surface area is 201 Å². The molecule has 170 valence electrons. The predicted octanol–water partition coefficient (Wildman–Crippen LogP) is 5.12. The molecule has 0 aliphatic carbocycles. The average Bonchev–Trinajstić information content (AvgIpc) is 3.40. The Kier molecular flexibility index (Phi) is 7.05. The molecule has 3 aromatic carbocycles. The summed E-state index contributed by atoms with van der Waals surface area (Å²) in [6.07, 6.45) is 5.20. The molecule has 0 aliphatic rings. The third-order valence-corrected chi connectivity index (χ3v) is 5.22. The number of benzene rings is 3. The van der Waals surface area contributed by atoms with Crippen LogP contribution in [0, 0.1) is 0 Å². The number of rotatable bonds is 7. The summed E-state index contributed by atoms with van der Waals surface area (Å²) in [5, 5.41) is 4.35. The van der Waals surface area contributed by atoms with Crippen LogP contribution in [0.15, 0.2) is 96.4 Å². The summed E-state index contributed by atoms with van der Waals surface area (Å²) in [6, 6.07) is 22.5. The number of halogens is 1. The van der Waals surface area contributed by atoms with Crippen LogP contribution >= 0.6 is 11.6 Å². The summed E-state index contributed by atoms with van der Waals surface area (Å²) in [7, 11) is 1.46. The lowest BCUT2D eigenvalue weighted by Crippen LogP contribution is -2.19. The second-order valence-corrected chi connectivity index (χ2v) is 7.49. The maximum Gasteiger partial charge on any atom is 0.345 e. The third-order valence-electron chi connectivity index (χ3n) is 4.90. The Bertz CT molecular complexity index is 1350. The SMILES string of the molecule is COc1cc(C=NNC(=O)c2ccccc2-n2cccc2)ccc1OC(=O)c1ccccc1Cl. The second-order valence-electron chi connectivity index (χ2n) is 7.09. The molecule has 1 amide bonds. The van der Waals surface area contributed by atoms with Gasteiger partial charge in [-0.05, 0) is 60.2 Å². The maximum absolute atomic E-state index is 12.7. The van der Waals surface area contributed by atoms with Crippen molar-refractivity contribution < 1.29 is 19.1 Å². The molecule has 8 heteroatoms. The highest BCUT2D eigenvalue weighted by Gasteiger charge is 2.15. The molecule has 0 bridgehead atoms. The topological polar surface area (TPSA) is 81.9 Å². The Morgan fingerprint density at radius 2 is 1.62 bits per heavy atom. The highest BCUT2D eigenvalue weighted by Crippen LogP contribution is 2.29. The van der Waals surface area contributed by atoms with Crippen LogP contribution in [-0.4, -0.2) is 29.8 Å². The number of amides is 1. The van der Waals surface area contributed by atoms with Crippen molar-refractivity contribution in [3.8, 4) is 17.2 Å². The van der Waals surface area contributed by atoms with E-state index in [0.717, 1.165) is 5.69 Å². The molecule has 0 unspecified atom stereocenters. The van der Waals surface area contributed by atoms with Crippen molar-refractivity contribution in [1.82, 2.24) is 9.99 Å². The summed E-state index contributed by atoms with van der Waals surface area (Å²) >= 11 is 6.06. The van der Waals surface area contributed by atoms with Crippen molar-refractivity contribution in [2.24, 2.45) is 5.10 Å². The third kappa shape index (κ3) is 5.16. The van der Waals surface area contributed by atoms with Gasteiger partial charge in [0.15, 0.2) is 11.5 Å². The molecule has 1 heterocycles. The van der Waals surface area contributed by atoms with Crippen LogP contribution in [0.2, 0.25) is 5.02 Å². The number of carbonyl (C=O) groups excluding carboxylic acids is 2. The van der Waals surface area contributed by atoms with Gasteiger partial charge in [0.25, 0.3) is 5.91 Å². The number of esters is 1. The molecule has 0 saturated heterocycles. The molecule has 0 fully saturated rings. The van der Waals surface area contributed by atoms with E-state index in [9.17, 15) is 9.59 Å². The largest absolute Gasteiger partial charge is 0.493 e. The van der Waals surface area contributed by atoms with Gasteiger partial charge in [-0.3, -0.25) is 4.79 Å². The lowest BCUT2D eigenvalue weighted by atomic mass is 10.1. The minimum absolute atomic E-state index is 0.231. The van der Waals surface area contributed by atoms with Crippen LogP contribution in [0.4, 0.5) is 0 Å². The summed E-state index contributed by atoms with van der Waals surface area (Å²) in [4.78, 5) is 25.1. The summed E-state index contributed by atoms with van der Waals surface area (Å²) in [5.74, 6) is -0.389. The van der Waals surface area contributed by atoms with Gasteiger partial charge in [0, 0.05) is 12.4 Å². The van der Waals surface area contributed by atoms with E-state index in [1.807, 2.05) is 41.2 Å². The Balaban J connectivity index is 1.46. The van der Waals surface area contributed by atoms with Crippen molar-refractivity contribution in [1.29, 1.82) is 0 Å². The van der Waals surface area contributed by atoms with Gasteiger partial charge in [-0.2, -0.15) is 5.10 Å². The van der Waals surface area contributed by atoms with Gasteiger partial charge in [0.2, 0.25) is 0 Å². The molecular formula is C26H20ClN3O4. The number of hydrogen-bond acceptors (Lipinski definition) is 5. The maximum atomic E-state index is 12.7. The van der Waals surface area contributed by atoms with Crippen LogP contribution in [0.1, 0.15) is 26.3 Å². The lowest BCUT2D eigenvalue weighted by Gasteiger charge is -2.11. The van der Waals surface area contributed by atoms with Gasteiger partial charge in [0.1, 0.15) is 0 Å². The number of hydrazone groups is 1. The molecule has 0 radical (unpaired) electrons. The fourth-order valence-corrected chi connectivity index (χ4v) is 3.45. The number of ether oxygens (including phenoxy) is 2. The smallest absolute Gasteiger partial charge is 0.345 e. The van der Waals surface area contributed by atoms with Gasteiger partial charge in [-0.25, -0.2) is 10.2 Å². The number of nitrogens with one attached hydrogen (secondary N) is 1. The van der Waals surface area contributed by atoms with E-state index >= 15 is 0 Å². The van der Waals surface area contributed by atoms with Gasteiger partial charge >= 0.3 is 5.97 Å². The zero-order chi connectivity index (χ0) is 23.9. The molecule has 7 nitrogen and oxygen atoms in total. The van der Waals surface area contributed by atoms with Crippen molar-refractivity contribution in [2.75, 3.05) is 7.11 Å². The number of nitrogens with zero attached hydrogens (tertiary/aromatic N) is 2. The van der Waals surface area contributed by atoms with Crippen molar-refractivity contribution in [3.05, 3.63) is 113 Å². The van der Waals surface area contributed by atoms with E-state index in [0.29, 0.717) is 21.9 Å². The van der Waals surface area contributed by atoms with E-state index in [1.165, 1.54) is 13.3 Å². The minimum Gasteiger partial charge on any atom is -0.493 e. The quantitative estimate of drug-likeness (QED) is 0.175. The number of para-hydroxylation sites is 1. The Morgan fingerprint density at radius 3 is 2.35 bits per heavy atom. The van der Waals surface area contributed by atoms with Crippen LogP contribution in [0.3, 0.4) is 0 Å². The first-order valence-corrected chi connectivity index (χ1v) is 10.6. The van der Waals surface area contributed by atoms with Gasteiger partial charge in [-0.15, -0.1) is 0 Å². The standard InChI is InChI=1S/C26H20ClN3O4/c1-33-24-16-18(12-13-23(24)34-26(32)19-8-2-4-10-21(19)27)17-28-29-25(31)20-9-3-5-11-22(20)30-14-6-7-15-30/h2-17H,1H3,(H,29,31). The van der Waals surface area contributed by atoms with Crippen LogP contribution in [0.25, 0.3) is 5.69 Å². The molecule has 4 aromatic rings. The highest BCUT2D eigenvalue weighted by molar-refractivity contribution is 6.33. The van der Waals surface area contributed by atoms with E-state index in [-0.39, 0.29) is 17.2 Å². The average molecular weight is 474 g/mol. The van der Waals surface area contributed by atoms with Crippen LogP contribution in [0.5, 0.6) is 11.5 Å². The minimum atomic E-state index is -0.598. The molecular weight excluding hydrogens is 454 g/mol. The first-order valence-electron chi connectivity index (χ1n) is 10.3. The Hall–Kier alpha value is -4.36. The van der Waals surface area contributed by atoms with Crippen LogP contribution < -0.4 is 14.9 Å².